The number of ether oxygens (including phenoxy) is 2. The first-order chi connectivity index (χ1) is 33.8. The summed E-state index contributed by atoms with van der Waals surface area (Å²) in [5.74, 6) is 1.03. The van der Waals surface area contributed by atoms with Gasteiger partial charge in [0.2, 0.25) is 11.8 Å². The molecule has 0 unspecified atom stereocenters. The smallest absolute Gasteiger partial charge is 0.407 e. The topological polar surface area (TPSA) is 178 Å². The number of methoxy groups -OCH3 is 2. The van der Waals surface area contributed by atoms with Gasteiger partial charge in [-0.2, -0.15) is 0 Å². The van der Waals surface area contributed by atoms with E-state index in [1.54, 1.807) is 0 Å². The number of benzene rings is 3. The van der Waals surface area contributed by atoms with Crippen molar-refractivity contribution in [3.63, 3.8) is 0 Å². The van der Waals surface area contributed by atoms with Crippen molar-refractivity contribution in [3.8, 4) is 22.5 Å². The molecule has 5 aromatic rings. The Morgan fingerprint density at radius 1 is 0.648 bits per heavy atom. The fourth-order valence-corrected chi connectivity index (χ4v) is 13.7. The molecular formula is C55H73N9O6Si. The number of aromatic amines is 2. The van der Waals surface area contributed by atoms with Crippen molar-refractivity contribution < 1.29 is 28.7 Å². The van der Waals surface area contributed by atoms with Gasteiger partial charge in [-0.15, -0.1) is 0 Å². The molecule has 0 aliphatic carbocycles. The molecule has 3 aliphatic heterocycles. The Labute approximate surface area is 419 Å². The molecule has 16 heteroatoms. The van der Waals surface area contributed by atoms with Crippen molar-refractivity contribution in [2.45, 2.75) is 135 Å². The molecule has 15 nitrogen and oxygen atoms in total. The van der Waals surface area contributed by atoms with Crippen LogP contribution in [0.15, 0.2) is 85.2 Å². The van der Waals surface area contributed by atoms with Crippen LogP contribution in [0.3, 0.4) is 0 Å². The van der Waals surface area contributed by atoms with E-state index in [9.17, 15) is 19.2 Å². The predicted molar refractivity (Wildman–Crippen MR) is 279 cm³/mol. The summed E-state index contributed by atoms with van der Waals surface area (Å²) in [4.78, 5) is 75.3. The number of carbonyl (C=O) groups excluding carboxylic acids is 4. The molecule has 3 aromatic carbocycles. The summed E-state index contributed by atoms with van der Waals surface area (Å²) < 4.78 is 9.68. The number of H-pyrrole nitrogens is 2. The van der Waals surface area contributed by atoms with Crippen molar-refractivity contribution in [1.82, 2.24) is 40.4 Å². The van der Waals surface area contributed by atoms with Crippen LogP contribution < -0.4 is 15.5 Å². The zero-order valence-corrected chi connectivity index (χ0v) is 44.3. The highest BCUT2D eigenvalue weighted by atomic mass is 28.3. The highest BCUT2D eigenvalue weighted by molar-refractivity contribution is 6.78. The summed E-state index contributed by atoms with van der Waals surface area (Å²) in [6, 6.07) is 26.0. The first-order valence-corrected chi connectivity index (χ1v) is 28.7. The van der Waals surface area contributed by atoms with Crippen molar-refractivity contribution in [3.05, 3.63) is 114 Å². The molecule has 4 amide bonds. The van der Waals surface area contributed by atoms with Crippen molar-refractivity contribution in [1.29, 1.82) is 0 Å². The molecule has 2 aromatic heterocycles. The van der Waals surface area contributed by atoms with Gasteiger partial charge in [0.25, 0.3) is 0 Å². The SMILES string of the molecule is COC(=O)N[C@H](C(=O)N1CCC[C@H]1c1ncc(-c2ccc([C@H]3CC[C@H](c4ccc(-c5cnc([C@@H]6C[Si](C)(C)CN6C(=O)[C@@H](NC(=O)OC)C(C)C)[nH]5)cc4)N3c3ccc(C(C)(C)C)cc3)cc2)[nH]1)C(C)C. The Kier molecular flexibility index (Phi) is 14.9. The predicted octanol–water partition coefficient (Wildman–Crippen LogP) is 10.4. The van der Waals surface area contributed by atoms with E-state index in [1.165, 1.54) is 36.6 Å². The van der Waals surface area contributed by atoms with Crippen molar-refractivity contribution in [2.24, 2.45) is 11.8 Å². The lowest BCUT2D eigenvalue weighted by Crippen LogP contribution is -2.52. The molecule has 8 rings (SSSR count). The maximum atomic E-state index is 14.1. The van der Waals surface area contributed by atoms with E-state index in [2.05, 4.69) is 132 Å². The van der Waals surface area contributed by atoms with Gasteiger partial charge in [0.05, 0.1) is 70.2 Å². The highest BCUT2D eigenvalue weighted by Crippen LogP contribution is 2.48. The minimum Gasteiger partial charge on any atom is -0.453 e. The minimum atomic E-state index is -1.78. The van der Waals surface area contributed by atoms with Crippen LogP contribution in [0.1, 0.15) is 127 Å². The molecule has 4 N–H and O–H groups in total. The summed E-state index contributed by atoms with van der Waals surface area (Å²) >= 11 is 0. The lowest BCUT2D eigenvalue weighted by Gasteiger charge is -2.34. The number of aromatic nitrogens is 4. The first-order valence-electron chi connectivity index (χ1n) is 25.3. The standard InChI is InChI=1S/C55H73N9O6Si/c1-33(2)47(60-53(67)69-8)51(65)62-28-12-13-45(62)49-56-29-41(58-49)35-14-18-37(19-15-35)43-26-27-44(64(43)40-24-22-39(23-25-40)55(5,6)7)38-20-16-36(17-21-38)42-30-57-50(59-42)46-31-71(10,11)32-63(46)52(66)48(34(3)4)61-54(68)70-9/h14-25,29-30,33-34,43-48H,12-13,26-28,31-32H2,1-11H3,(H,56,58)(H,57,59)(H,60,67)(H,61,68)/t43-,44-,45+,46+,47+,48+/m1/s1. The number of hydrogen-bond acceptors (Lipinski definition) is 9. The average molecular weight is 984 g/mol. The Balaban J connectivity index is 1.01. The van der Waals surface area contributed by atoms with Gasteiger partial charge in [0.15, 0.2) is 0 Å². The fourth-order valence-electron chi connectivity index (χ4n) is 10.9. The number of likely N-dealkylation sites (tertiary alicyclic amines) is 1. The number of carbonyl (C=O) groups is 4. The van der Waals surface area contributed by atoms with Crippen LogP contribution in [0.4, 0.5) is 15.3 Å². The molecular weight excluding hydrogens is 911 g/mol. The monoisotopic (exact) mass is 984 g/mol. The third kappa shape index (κ3) is 10.9. The Morgan fingerprint density at radius 2 is 1.11 bits per heavy atom. The largest absolute Gasteiger partial charge is 0.453 e. The van der Waals surface area contributed by atoms with Crippen molar-refractivity contribution >= 4 is 37.8 Å². The molecule has 378 valence electrons. The lowest BCUT2D eigenvalue weighted by atomic mass is 9.87. The molecule has 3 aliphatic rings. The summed E-state index contributed by atoms with van der Waals surface area (Å²) in [6.45, 7) is 19.6. The molecule has 0 bridgehead atoms. The summed E-state index contributed by atoms with van der Waals surface area (Å²) in [5, 5.41) is 5.50. The van der Waals surface area contributed by atoms with Crippen LogP contribution in [-0.4, -0.2) is 101 Å². The number of rotatable bonds is 13. The quantitative estimate of drug-likeness (QED) is 0.0836. The Morgan fingerprint density at radius 3 is 1.56 bits per heavy atom. The van der Waals surface area contributed by atoms with Gasteiger partial charge >= 0.3 is 12.2 Å². The van der Waals surface area contributed by atoms with Gasteiger partial charge < -0.3 is 44.8 Å². The second-order valence-electron chi connectivity index (χ2n) is 22.2. The van der Waals surface area contributed by atoms with E-state index < -0.39 is 32.3 Å². The van der Waals surface area contributed by atoms with E-state index in [4.69, 9.17) is 19.4 Å². The maximum Gasteiger partial charge on any atom is 0.407 e. The summed E-state index contributed by atoms with van der Waals surface area (Å²) in [7, 11) is 0.833. The van der Waals surface area contributed by atoms with Crippen LogP contribution in [-0.2, 0) is 24.5 Å². The average Bonchev–Trinajstić information content (AvgIpc) is 4.21. The van der Waals surface area contributed by atoms with Crippen molar-refractivity contribution in [2.75, 3.05) is 31.8 Å². The number of nitrogens with one attached hydrogen (secondary N) is 4. The molecule has 6 atom stereocenters. The molecule has 71 heavy (non-hydrogen) atoms. The van der Waals surface area contributed by atoms with E-state index in [0.29, 0.717) is 12.7 Å². The fraction of sp³-hybridized carbons (Fsp3) is 0.491. The number of nitrogens with zero attached hydrogens (tertiary/aromatic N) is 5. The molecule has 3 fully saturated rings. The maximum absolute atomic E-state index is 14.1. The van der Waals surface area contributed by atoms with E-state index in [-0.39, 0.29) is 53.2 Å². The number of amides is 4. The number of hydrogen-bond donors (Lipinski definition) is 4. The Hall–Kier alpha value is -6.42. The van der Waals surface area contributed by atoms with E-state index >= 15 is 0 Å². The Bertz CT molecular complexity index is 2670. The minimum absolute atomic E-state index is 0.0266. The number of anilines is 1. The number of alkyl carbamates (subject to hydrolysis) is 2. The van der Waals surface area contributed by atoms with Gasteiger partial charge in [-0.05, 0) is 88.9 Å². The van der Waals surface area contributed by atoms with Gasteiger partial charge in [-0.3, -0.25) is 9.59 Å². The molecule has 3 saturated heterocycles. The van der Waals surface area contributed by atoms with Gasteiger partial charge in [0, 0.05) is 18.4 Å². The second-order valence-corrected chi connectivity index (χ2v) is 27.2. The summed E-state index contributed by atoms with van der Waals surface area (Å²) in [5.41, 5.74) is 8.76. The third-order valence-corrected chi connectivity index (χ3v) is 17.5. The van der Waals surface area contributed by atoms with E-state index in [0.717, 1.165) is 65.9 Å². The van der Waals surface area contributed by atoms with Crippen LogP contribution in [0.5, 0.6) is 0 Å². The second kappa shape index (κ2) is 20.7. The normalized spacial score (nSPS) is 20.9. The van der Waals surface area contributed by atoms with Crippen LogP contribution >= 0.6 is 0 Å². The summed E-state index contributed by atoms with van der Waals surface area (Å²) in [6.07, 6.45) is 6.75. The van der Waals surface area contributed by atoms with Crippen LogP contribution in [0.2, 0.25) is 19.1 Å². The number of imidazole rings is 2. The van der Waals surface area contributed by atoms with Crippen LogP contribution in [0.25, 0.3) is 22.5 Å². The third-order valence-electron chi connectivity index (χ3n) is 14.8. The molecule has 5 heterocycles. The first kappa shape index (κ1) is 50.9. The lowest BCUT2D eigenvalue weighted by molar-refractivity contribution is -0.136. The molecule has 0 spiro atoms. The van der Waals surface area contributed by atoms with Gasteiger partial charge in [-0.1, -0.05) is 122 Å². The molecule has 0 radical (unpaired) electrons. The highest BCUT2D eigenvalue weighted by Gasteiger charge is 2.46. The van der Waals surface area contributed by atoms with Crippen LogP contribution in [0, 0.1) is 11.8 Å². The zero-order chi connectivity index (χ0) is 50.9. The zero-order valence-electron chi connectivity index (χ0n) is 43.3. The molecule has 0 saturated carbocycles. The van der Waals surface area contributed by atoms with Gasteiger partial charge in [-0.25, -0.2) is 19.6 Å². The van der Waals surface area contributed by atoms with E-state index in [1.807, 2.05) is 49.9 Å². The van der Waals surface area contributed by atoms with Gasteiger partial charge in [0.1, 0.15) is 23.7 Å².